The Bertz CT molecular complexity index is 850. The van der Waals surface area contributed by atoms with E-state index in [0.717, 1.165) is 43.4 Å². The van der Waals surface area contributed by atoms with Crippen LogP contribution in [0, 0.1) is 0 Å². The molecule has 1 saturated heterocycles. The summed E-state index contributed by atoms with van der Waals surface area (Å²) in [7, 11) is 0. The van der Waals surface area contributed by atoms with Gasteiger partial charge in [0.05, 0.1) is 13.1 Å². The molecule has 0 radical (unpaired) electrons. The number of likely N-dealkylation sites (N-methyl/N-ethyl adjacent to an activating group) is 1. The number of hydrogen-bond acceptors (Lipinski definition) is 6. The highest BCUT2D eigenvalue weighted by atomic mass is 16.6. The van der Waals surface area contributed by atoms with Crippen LogP contribution in [0.15, 0.2) is 48.5 Å². The lowest BCUT2D eigenvalue weighted by atomic mass is 10.2. The van der Waals surface area contributed by atoms with Gasteiger partial charge in [-0.25, -0.2) is 0 Å². The van der Waals surface area contributed by atoms with E-state index in [-0.39, 0.29) is 17.8 Å². The van der Waals surface area contributed by atoms with E-state index in [2.05, 4.69) is 9.80 Å². The van der Waals surface area contributed by atoms with E-state index < -0.39 is 0 Å². The molecule has 1 N–H and O–H groups in total. The Morgan fingerprint density at radius 3 is 2.47 bits per heavy atom. The largest absolute Gasteiger partial charge is 0.508 e. The molecule has 0 unspecified atom stereocenters. The van der Waals surface area contributed by atoms with Gasteiger partial charge in [-0.15, -0.1) is 0 Å². The van der Waals surface area contributed by atoms with Crippen LogP contribution in [0.2, 0.25) is 0 Å². The van der Waals surface area contributed by atoms with Crippen molar-refractivity contribution in [1.82, 2.24) is 9.80 Å². The number of nitrogens with zero attached hydrogens (tertiary/aromatic N) is 3. The van der Waals surface area contributed by atoms with Crippen LogP contribution in [0.5, 0.6) is 17.2 Å². The molecular weight excluding hydrogens is 382 g/mol. The summed E-state index contributed by atoms with van der Waals surface area (Å²) in [5, 5.41) is 9.45. The second-order valence-corrected chi connectivity index (χ2v) is 7.71. The van der Waals surface area contributed by atoms with Crippen molar-refractivity contribution in [2.75, 3.05) is 57.3 Å². The zero-order valence-electron chi connectivity index (χ0n) is 17.4. The molecule has 2 aromatic carbocycles. The maximum atomic E-state index is 12.9. The number of piperazine rings is 1. The first-order valence-corrected chi connectivity index (χ1v) is 10.5. The molecule has 160 valence electrons. The van der Waals surface area contributed by atoms with Gasteiger partial charge in [-0.3, -0.25) is 9.69 Å². The topological polar surface area (TPSA) is 65.5 Å². The molecule has 0 aliphatic carbocycles. The van der Waals surface area contributed by atoms with E-state index >= 15 is 0 Å². The van der Waals surface area contributed by atoms with Gasteiger partial charge in [-0.2, -0.15) is 0 Å². The highest BCUT2D eigenvalue weighted by molar-refractivity contribution is 5.78. The number of phenols is 1. The van der Waals surface area contributed by atoms with Crippen LogP contribution in [0.3, 0.4) is 0 Å². The smallest absolute Gasteiger partial charge is 0.236 e. The normalized spacial score (nSPS) is 18.8. The van der Waals surface area contributed by atoms with Crippen molar-refractivity contribution < 1.29 is 19.4 Å². The van der Waals surface area contributed by atoms with Gasteiger partial charge in [0.1, 0.15) is 12.4 Å². The van der Waals surface area contributed by atoms with Crippen LogP contribution < -0.4 is 14.4 Å². The number of ether oxygens (including phenoxy) is 2. The molecule has 0 aromatic heterocycles. The molecule has 30 heavy (non-hydrogen) atoms. The van der Waals surface area contributed by atoms with Crippen molar-refractivity contribution in [3.8, 4) is 17.2 Å². The van der Waals surface area contributed by atoms with Crippen molar-refractivity contribution in [3.05, 3.63) is 48.5 Å². The number of anilines is 1. The number of para-hydroxylation sites is 2. The van der Waals surface area contributed by atoms with E-state index in [1.807, 2.05) is 48.2 Å². The Hall–Kier alpha value is -2.93. The molecule has 7 heteroatoms. The predicted octanol–water partition coefficient (Wildman–Crippen LogP) is 2.20. The fraction of sp³-hybridized carbons (Fsp3) is 0.435. The first-order valence-electron chi connectivity index (χ1n) is 10.5. The summed E-state index contributed by atoms with van der Waals surface area (Å²) in [4.78, 5) is 19.2. The highest BCUT2D eigenvalue weighted by Gasteiger charge is 2.26. The molecular formula is C23H29N3O4. The van der Waals surface area contributed by atoms with Crippen LogP contribution in [-0.2, 0) is 4.79 Å². The van der Waals surface area contributed by atoms with Crippen LogP contribution in [0.25, 0.3) is 0 Å². The minimum atomic E-state index is -0.157. The van der Waals surface area contributed by atoms with Gasteiger partial charge in [0.15, 0.2) is 17.6 Å². The lowest BCUT2D eigenvalue weighted by molar-refractivity contribution is -0.133. The number of rotatable bonds is 6. The Labute approximate surface area is 177 Å². The Morgan fingerprint density at radius 1 is 1.07 bits per heavy atom. The first kappa shape index (κ1) is 20.3. The van der Waals surface area contributed by atoms with Crippen LogP contribution >= 0.6 is 0 Å². The number of aromatic hydroxyl groups is 1. The van der Waals surface area contributed by atoms with Crippen molar-refractivity contribution in [1.29, 1.82) is 0 Å². The Kier molecular flexibility index (Phi) is 6.28. The van der Waals surface area contributed by atoms with Crippen molar-refractivity contribution >= 4 is 11.6 Å². The summed E-state index contributed by atoms with van der Waals surface area (Å²) in [6.45, 7) is 7.43. The van der Waals surface area contributed by atoms with E-state index in [0.29, 0.717) is 26.2 Å². The minimum absolute atomic E-state index is 0.123. The molecule has 2 heterocycles. The molecule has 1 fully saturated rings. The van der Waals surface area contributed by atoms with Crippen molar-refractivity contribution in [2.45, 2.75) is 13.0 Å². The number of carbonyl (C=O) groups is 1. The molecule has 4 rings (SSSR count). The lowest BCUT2D eigenvalue weighted by Crippen LogP contribution is -2.51. The number of hydrogen-bond donors (Lipinski definition) is 1. The molecule has 2 aromatic rings. The molecule has 0 saturated carbocycles. The zero-order chi connectivity index (χ0) is 20.9. The fourth-order valence-corrected chi connectivity index (χ4v) is 3.93. The monoisotopic (exact) mass is 411 g/mol. The zero-order valence-corrected chi connectivity index (χ0v) is 17.4. The molecule has 7 nitrogen and oxygen atoms in total. The van der Waals surface area contributed by atoms with Crippen LogP contribution in [0.1, 0.15) is 6.92 Å². The number of benzene rings is 2. The van der Waals surface area contributed by atoms with Gasteiger partial charge in [-0.05, 0) is 43.3 Å². The van der Waals surface area contributed by atoms with E-state index in [4.69, 9.17) is 9.47 Å². The minimum Gasteiger partial charge on any atom is -0.508 e. The maximum absolute atomic E-state index is 12.9. The van der Waals surface area contributed by atoms with Gasteiger partial charge in [0.25, 0.3) is 0 Å². The third-order valence-electron chi connectivity index (χ3n) is 5.67. The van der Waals surface area contributed by atoms with Crippen molar-refractivity contribution in [3.63, 3.8) is 0 Å². The second-order valence-electron chi connectivity index (χ2n) is 7.71. The number of carbonyl (C=O) groups excluding carboxylic acids is 1. The van der Waals surface area contributed by atoms with Gasteiger partial charge in [0, 0.05) is 38.4 Å². The average Bonchev–Trinajstić information content (AvgIpc) is 2.78. The molecule has 2 aliphatic rings. The summed E-state index contributed by atoms with van der Waals surface area (Å²) in [6, 6.07) is 14.9. The molecule has 1 atom stereocenters. The summed E-state index contributed by atoms with van der Waals surface area (Å²) in [5.74, 6) is 1.90. The summed E-state index contributed by atoms with van der Waals surface area (Å²) >= 11 is 0. The van der Waals surface area contributed by atoms with Gasteiger partial charge < -0.3 is 24.4 Å². The van der Waals surface area contributed by atoms with Crippen LogP contribution in [0.4, 0.5) is 5.69 Å². The standard InChI is InChI=1S/C23H29N3O4/c1-2-25(15-20-17-29-21-5-3-4-6-22(21)30-20)23(28)16-24-11-13-26(14-12-24)18-7-9-19(27)10-8-18/h3-10,20,27H,2,11-17H2,1H3/t20-/m0/s1. The number of fused-ring (bicyclic) bond motifs is 1. The van der Waals surface area contributed by atoms with E-state index in [1.165, 1.54) is 0 Å². The summed E-state index contributed by atoms with van der Waals surface area (Å²) in [5.41, 5.74) is 1.10. The number of amides is 1. The number of phenolic OH excluding ortho intramolecular Hbond substituents is 1. The quantitative estimate of drug-likeness (QED) is 0.786. The summed E-state index contributed by atoms with van der Waals surface area (Å²) < 4.78 is 11.8. The molecule has 0 bridgehead atoms. The summed E-state index contributed by atoms with van der Waals surface area (Å²) in [6.07, 6.45) is -0.157. The third kappa shape index (κ3) is 4.79. The van der Waals surface area contributed by atoms with E-state index in [1.54, 1.807) is 12.1 Å². The highest BCUT2D eigenvalue weighted by Crippen LogP contribution is 2.31. The van der Waals surface area contributed by atoms with Gasteiger partial charge >= 0.3 is 0 Å². The average molecular weight is 412 g/mol. The molecule has 2 aliphatic heterocycles. The lowest BCUT2D eigenvalue weighted by Gasteiger charge is -2.37. The SMILES string of the molecule is CCN(C[C@H]1COc2ccccc2O1)C(=O)CN1CCN(c2ccc(O)cc2)CC1. The molecule has 0 spiro atoms. The second kappa shape index (κ2) is 9.26. The van der Waals surface area contributed by atoms with Gasteiger partial charge in [0.2, 0.25) is 5.91 Å². The Balaban J connectivity index is 1.26. The maximum Gasteiger partial charge on any atom is 0.236 e. The third-order valence-corrected chi connectivity index (χ3v) is 5.67. The van der Waals surface area contributed by atoms with E-state index in [9.17, 15) is 9.90 Å². The molecule has 1 amide bonds. The van der Waals surface area contributed by atoms with Crippen molar-refractivity contribution in [2.24, 2.45) is 0 Å². The van der Waals surface area contributed by atoms with Crippen LogP contribution in [-0.4, -0.2) is 79.3 Å². The first-order chi connectivity index (χ1) is 14.6. The Morgan fingerprint density at radius 2 is 1.77 bits per heavy atom. The predicted molar refractivity (Wildman–Crippen MR) is 115 cm³/mol. The fourth-order valence-electron chi connectivity index (χ4n) is 3.93. The van der Waals surface area contributed by atoms with Gasteiger partial charge in [-0.1, -0.05) is 12.1 Å².